The van der Waals surface area contributed by atoms with Crippen LogP contribution in [0, 0.1) is 11.7 Å². The van der Waals surface area contributed by atoms with E-state index in [0.29, 0.717) is 24.2 Å². The molecule has 1 aromatic carbocycles. The van der Waals surface area contributed by atoms with Gasteiger partial charge in [-0.25, -0.2) is 9.40 Å². The average Bonchev–Trinajstić information content (AvgIpc) is 2.53. The van der Waals surface area contributed by atoms with Crippen LogP contribution in [0.15, 0.2) is 6.07 Å². The number of carbonyl (C=O) groups is 2. The van der Waals surface area contributed by atoms with E-state index in [9.17, 15) is 22.4 Å². The Hall–Kier alpha value is -2.20. The van der Waals surface area contributed by atoms with Gasteiger partial charge in [0.15, 0.2) is 17.3 Å². The molecule has 0 bridgehead atoms. The molecule has 0 radical (unpaired) electrons. The summed E-state index contributed by atoms with van der Waals surface area (Å²) in [5.74, 6) is -3.69. The van der Waals surface area contributed by atoms with Crippen molar-refractivity contribution in [1.29, 1.82) is 0 Å². The maximum atomic E-state index is 14.5. The van der Waals surface area contributed by atoms with E-state index in [1.165, 1.54) is 7.11 Å². The average molecular weight is 372 g/mol. The third kappa shape index (κ3) is 2.95. The Bertz CT molecular complexity index is 869. The predicted octanol–water partition coefficient (Wildman–Crippen LogP) is 0.359. The highest BCUT2D eigenvalue weighted by Crippen LogP contribution is 2.43. The van der Waals surface area contributed by atoms with Gasteiger partial charge in [-0.1, -0.05) is 0 Å². The van der Waals surface area contributed by atoms with Crippen molar-refractivity contribution in [2.45, 2.75) is 6.42 Å². The van der Waals surface area contributed by atoms with Gasteiger partial charge in [-0.05, 0) is 12.5 Å². The maximum absolute atomic E-state index is 14.5. The lowest BCUT2D eigenvalue weighted by molar-refractivity contribution is -0.143. The Morgan fingerprint density at radius 1 is 1.40 bits per heavy atom. The third-order valence-corrected chi connectivity index (χ3v) is 4.79. The molecule has 0 N–H and O–H groups in total. The molecule has 2 aliphatic heterocycles. The van der Waals surface area contributed by atoms with Gasteiger partial charge in [-0.3, -0.25) is 9.59 Å². The van der Waals surface area contributed by atoms with E-state index >= 15 is 0 Å². The molecule has 1 aromatic rings. The van der Waals surface area contributed by atoms with Crippen LogP contribution in [0.1, 0.15) is 15.9 Å². The molecule has 25 heavy (non-hydrogen) atoms. The first-order chi connectivity index (χ1) is 11.6. The minimum Gasteiger partial charge on any atom is -0.468 e. The molecule has 0 fully saturated rings. The number of hydrazine groups is 1. The number of anilines is 1. The monoisotopic (exact) mass is 372 g/mol. The van der Waals surface area contributed by atoms with Crippen molar-refractivity contribution in [2.75, 3.05) is 38.5 Å². The first kappa shape index (κ1) is 17.6. The molecule has 8 nitrogen and oxygen atoms in total. The van der Waals surface area contributed by atoms with E-state index in [-0.39, 0.29) is 12.1 Å². The van der Waals surface area contributed by atoms with Crippen molar-refractivity contribution in [2.24, 2.45) is 5.92 Å². The van der Waals surface area contributed by atoms with Crippen LogP contribution in [0.4, 0.5) is 10.1 Å². The smallest absolute Gasteiger partial charge is 0.318 e. The van der Waals surface area contributed by atoms with Crippen LogP contribution in [0.25, 0.3) is 0 Å². The number of carbonyl (C=O) groups excluding carboxylic acids is 2. The van der Waals surface area contributed by atoms with Gasteiger partial charge < -0.3 is 13.9 Å². The standard InChI is InChI=1S/C15H17FN2O6S/c1-17-5-4-8-12-9(6-11(16)14(8)24-25(3,21)22)13(19)10(7-18(12)17)15(20)23-2/h6,10H,4-5,7H2,1-3H3. The second-order valence-electron chi connectivity index (χ2n) is 6.00. The zero-order valence-electron chi connectivity index (χ0n) is 13.9. The molecule has 0 aliphatic carbocycles. The minimum atomic E-state index is -3.94. The highest BCUT2D eigenvalue weighted by molar-refractivity contribution is 7.86. The fourth-order valence-corrected chi connectivity index (χ4v) is 3.68. The molecule has 1 unspecified atom stereocenters. The number of hydrogen-bond donors (Lipinski definition) is 0. The van der Waals surface area contributed by atoms with Gasteiger partial charge in [-0.2, -0.15) is 8.42 Å². The molecule has 0 spiro atoms. The number of rotatable bonds is 3. The highest BCUT2D eigenvalue weighted by atomic mass is 32.2. The van der Waals surface area contributed by atoms with Gasteiger partial charge in [0.05, 0.1) is 25.6 Å². The molecule has 0 aromatic heterocycles. The largest absolute Gasteiger partial charge is 0.468 e. The SMILES string of the molecule is COC(=O)C1CN2c3c(cc(F)c(OS(C)(=O)=O)c3CCN2C)C1=O. The summed E-state index contributed by atoms with van der Waals surface area (Å²) in [4.78, 5) is 24.6. The molecule has 10 heteroatoms. The highest BCUT2D eigenvalue weighted by Gasteiger charge is 2.43. The van der Waals surface area contributed by atoms with Gasteiger partial charge in [-0.15, -0.1) is 0 Å². The van der Waals surface area contributed by atoms with Gasteiger partial charge in [0.25, 0.3) is 0 Å². The summed E-state index contributed by atoms with van der Waals surface area (Å²) in [6.45, 7) is 0.476. The summed E-state index contributed by atoms with van der Waals surface area (Å²) in [5.41, 5.74) is 0.690. The number of hydrogen-bond acceptors (Lipinski definition) is 8. The summed E-state index contributed by atoms with van der Waals surface area (Å²) in [6, 6.07) is 0.920. The van der Waals surface area contributed by atoms with Crippen LogP contribution in [0.2, 0.25) is 0 Å². The maximum Gasteiger partial charge on any atom is 0.318 e. The molecule has 0 saturated heterocycles. The Labute approximate surface area is 144 Å². The second kappa shape index (κ2) is 5.95. The molecular weight excluding hydrogens is 355 g/mol. The van der Waals surface area contributed by atoms with Crippen molar-refractivity contribution < 1.29 is 31.3 Å². The molecule has 3 rings (SSSR count). The number of ether oxygens (including phenoxy) is 1. The van der Waals surface area contributed by atoms with Crippen molar-refractivity contribution in [1.82, 2.24) is 5.01 Å². The van der Waals surface area contributed by atoms with Crippen LogP contribution >= 0.6 is 0 Å². The summed E-state index contributed by atoms with van der Waals surface area (Å²) in [6.07, 6.45) is 1.12. The van der Waals surface area contributed by atoms with Gasteiger partial charge in [0.1, 0.15) is 5.92 Å². The number of halogens is 1. The van der Waals surface area contributed by atoms with Crippen LogP contribution in [-0.2, 0) is 26.1 Å². The predicted molar refractivity (Wildman–Crippen MR) is 85.4 cm³/mol. The topological polar surface area (TPSA) is 93.2 Å². The van der Waals surface area contributed by atoms with Gasteiger partial charge >= 0.3 is 16.1 Å². The summed E-state index contributed by atoms with van der Waals surface area (Å²) in [5, 5.41) is 3.45. The summed E-state index contributed by atoms with van der Waals surface area (Å²) < 4.78 is 46.9. The number of ketones is 1. The number of nitrogens with zero attached hydrogens (tertiary/aromatic N) is 2. The van der Waals surface area contributed by atoms with Crippen molar-refractivity contribution in [3.8, 4) is 5.75 Å². The molecule has 0 amide bonds. The van der Waals surface area contributed by atoms with Crippen LogP contribution < -0.4 is 9.19 Å². The quantitative estimate of drug-likeness (QED) is 0.427. The molecule has 0 saturated carbocycles. The Kier molecular flexibility index (Phi) is 4.20. The molecule has 1 atom stereocenters. The van der Waals surface area contributed by atoms with Gasteiger partial charge in [0.2, 0.25) is 0 Å². The lowest BCUT2D eigenvalue weighted by atomic mass is 9.87. The van der Waals surface area contributed by atoms with E-state index in [1.807, 2.05) is 0 Å². The van der Waals surface area contributed by atoms with E-state index in [1.54, 1.807) is 17.1 Å². The van der Waals surface area contributed by atoms with E-state index < -0.39 is 39.4 Å². The van der Waals surface area contributed by atoms with E-state index in [4.69, 9.17) is 4.18 Å². The molecule has 136 valence electrons. The third-order valence-electron chi connectivity index (χ3n) is 4.32. The Morgan fingerprint density at radius 2 is 2.08 bits per heavy atom. The van der Waals surface area contributed by atoms with Crippen LogP contribution in [-0.4, -0.2) is 58.7 Å². The van der Waals surface area contributed by atoms with Crippen molar-refractivity contribution in [3.05, 3.63) is 23.0 Å². The fourth-order valence-electron chi connectivity index (χ4n) is 3.19. The van der Waals surface area contributed by atoms with Crippen molar-refractivity contribution in [3.63, 3.8) is 0 Å². The number of methoxy groups -OCH3 is 1. The normalized spacial score (nSPS) is 20.2. The molecule has 2 aliphatic rings. The van der Waals surface area contributed by atoms with Crippen LogP contribution in [0.3, 0.4) is 0 Å². The number of esters is 1. The van der Waals surface area contributed by atoms with Crippen LogP contribution in [0.5, 0.6) is 5.75 Å². The first-order valence-corrected chi connectivity index (χ1v) is 9.31. The summed E-state index contributed by atoms with van der Waals surface area (Å²) >= 11 is 0. The molecular formula is C15H17FN2O6S. The lowest BCUT2D eigenvalue weighted by Gasteiger charge is -2.44. The Balaban J connectivity index is 2.21. The number of likely N-dealkylation sites (N-methyl/N-ethyl adjacent to an activating group) is 1. The zero-order valence-corrected chi connectivity index (χ0v) is 14.7. The zero-order chi connectivity index (χ0) is 18.5. The van der Waals surface area contributed by atoms with E-state index in [0.717, 1.165) is 12.3 Å². The summed E-state index contributed by atoms with van der Waals surface area (Å²) in [7, 11) is -0.997. The number of benzene rings is 1. The van der Waals surface area contributed by atoms with Crippen molar-refractivity contribution >= 4 is 27.6 Å². The Morgan fingerprint density at radius 3 is 2.68 bits per heavy atom. The lowest BCUT2D eigenvalue weighted by Crippen LogP contribution is -2.53. The fraction of sp³-hybridized carbons (Fsp3) is 0.467. The second-order valence-corrected chi connectivity index (χ2v) is 7.58. The first-order valence-electron chi connectivity index (χ1n) is 7.49. The van der Waals surface area contributed by atoms with E-state index in [2.05, 4.69) is 4.74 Å². The van der Waals surface area contributed by atoms with Gasteiger partial charge in [0, 0.05) is 24.7 Å². The number of Topliss-reactive ketones (excluding diaryl/α,β-unsaturated/α-hetero) is 1. The minimum absolute atomic E-state index is 0.0153. The molecule has 2 heterocycles.